The Kier molecular flexibility index (Phi) is 7.17. The second-order valence-electron chi connectivity index (χ2n) is 7.42. The maximum Gasteiger partial charge on any atom is 0.241 e. The predicted molar refractivity (Wildman–Crippen MR) is 116 cm³/mol. The number of aromatic nitrogens is 1. The minimum Gasteiger partial charge on any atom is -0.342 e. The highest BCUT2D eigenvalue weighted by atomic mass is 16.2. The first-order valence-electron chi connectivity index (χ1n) is 10.4. The van der Waals surface area contributed by atoms with Crippen LogP contribution in [-0.4, -0.2) is 83.4 Å². The van der Waals surface area contributed by atoms with Gasteiger partial charge in [0.2, 0.25) is 11.8 Å². The summed E-state index contributed by atoms with van der Waals surface area (Å²) in [6.07, 6.45) is 1.75. The van der Waals surface area contributed by atoms with E-state index in [4.69, 9.17) is 0 Å². The van der Waals surface area contributed by atoms with Crippen LogP contribution < -0.4 is 5.32 Å². The van der Waals surface area contributed by atoms with Crippen molar-refractivity contribution in [2.75, 3.05) is 51.1 Å². The molecule has 0 aliphatic carbocycles. The minimum absolute atomic E-state index is 0.0194. The molecule has 0 bridgehead atoms. The molecule has 2 amide bonds. The van der Waals surface area contributed by atoms with Gasteiger partial charge < -0.3 is 10.2 Å². The Hall–Kier alpha value is -2.51. The van der Waals surface area contributed by atoms with Crippen LogP contribution in [0.2, 0.25) is 0 Å². The molecule has 1 atom stereocenters. The van der Waals surface area contributed by atoms with E-state index in [-0.39, 0.29) is 17.9 Å². The van der Waals surface area contributed by atoms with Crippen LogP contribution in [0.15, 0.2) is 36.5 Å². The van der Waals surface area contributed by atoms with E-state index >= 15 is 0 Å². The summed E-state index contributed by atoms with van der Waals surface area (Å²) in [6.45, 7) is 11.0. The SMILES string of the molecule is CCN(CC)C(=O)CN1CCN(C(C)C(=O)Nc2cccc3ncccc23)CC1. The molecule has 2 aromatic rings. The zero-order chi connectivity index (χ0) is 20.8. The third-order valence-corrected chi connectivity index (χ3v) is 5.71. The van der Waals surface area contributed by atoms with Gasteiger partial charge in [-0.25, -0.2) is 0 Å². The van der Waals surface area contributed by atoms with Crippen LogP contribution in [0.1, 0.15) is 20.8 Å². The van der Waals surface area contributed by atoms with E-state index in [1.165, 1.54) is 0 Å². The van der Waals surface area contributed by atoms with Crippen molar-refractivity contribution in [3.8, 4) is 0 Å². The standard InChI is InChI=1S/C22H31N5O2/c1-4-26(5-2)21(28)16-25-12-14-27(15-13-25)17(3)22(29)24-20-10-6-9-19-18(20)8-7-11-23-19/h6-11,17H,4-5,12-16H2,1-3H3,(H,24,29). The number of benzene rings is 1. The van der Waals surface area contributed by atoms with Crippen molar-refractivity contribution in [1.29, 1.82) is 0 Å². The maximum atomic E-state index is 12.8. The van der Waals surface area contributed by atoms with E-state index < -0.39 is 0 Å². The van der Waals surface area contributed by atoms with Gasteiger partial charge in [-0.3, -0.25) is 24.4 Å². The number of nitrogens with zero attached hydrogens (tertiary/aromatic N) is 4. The molecule has 29 heavy (non-hydrogen) atoms. The van der Waals surface area contributed by atoms with Crippen LogP contribution in [0.4, 0.5) is 5.69 Å². The number of anilines is 1. The topological polar surface area (TPSA) is 68.8 Å². The van der Waals surface area contributed by atoms with Crippen LogP contribution in [0.3, 0.4) is 0 Å². The zero-order valence-corrected chi connectivity index (χ0v) is 17.6. The minimum atomic E-state index is -0.234. The number of nitrogens with one attached hydrogen (secondary N) is 1. The lowest BCUT2D eigenvalue weighted by Crippen LogP contribution is -2.54. The van der Waals surface area contributed by atoms with Gasteiger partial charge in [-0.05, 0) is 45.0 Å². The van der Waals surface area contributed by atoms with Crippen molar-refractivity contribution in [2.24, 2.45) is 0 Å². The maximum absolute atomic E-state index is 12.8. The molecule has 7 nitrogen and oxygen atoms in total. The van der Waals surface area contributed by atoms with Crippen molar-refractivity contribution in [3.05, 3.63) is 36.5 Å². The second-order valence-corrected chi connectivity index (χ2v) is 7.42. The van der Waals surface area contributed by atoms with E-state index in [2.05, 4.69) is 20.1 Å². The number of hydrogen-bond acceptors (Lipinski definition) is 5. The molecule has 1 aromatic heterocycles. The highest BCUT2D eigenvalue weighted by Crippen LogP contribution is 2.22. The average molecular weight is 398 g/mol. The lowest BCUT2D eigenvalue weighted by molar-refractivity contribution is -0.133. The van der Waals surface area contributed by atoms with Gasteiger partial charge in [0.05, 0.1) is 23.8 Å². The van der Waals surface area contributed by atoms with Crippen LogP contribution >= 0.6 is 0 Å². The number of likely N-dealkylation sites (N-methyl/N-ethyl adjacent to an activating group) is 1. The van der Waals surface area contributed by atoms with Crippen molar-refractivity contribution in [2.45, 2.75) is 26.8 Å². The highest BCUT2D eigenvalue weighted by molar-refractivity contribution is 6.02. The molecule has 2 heterocycles. The van der Waals surface area contributed by atoms with Crippen LogP contribution in [0, 0.1) is 0 Å². The third-order valence-electron chi connectivity index (χ3n) is 5.71. The quantitative estimate of drug-likeness (QED) is 0.774. The average Bonchev–Trinajstić information content (AvgIpc) is 2.75. The van der Waals surface area contributed by atoms with Crippen molar-refractivity contribution in [3.63, 3.8) is 0 Å². The number of pyridine rings is 1. The molecule has 1 aromatic carbocycles. The van der Waals surface area contributed by atoms with E-state index in [1.54, 1.807) is 6.20 Å². The Balaban J connectivity index is 1.54. The van der Waals surface area contributed by atoms with Gasteiger partial charge in [-0.15, -0.1) is 0 Å². The van der Waals surface area contributed by atoms with Crippen LogP contribution in [-0.2, 0) is 9.59 Å². The fourth-order valence-corrected chi connectivity index (χ4v) is 3.79. The second kappa shape index (κ2) is 9.80. The number of rotatable bonds is 7. The lowest BCUT2D eigenvalue weighted by Gasteiger charge is -2.37. The van der Waals surface area contributed by atoms with E-state index in [0.29, 0.717) is 6.54 Å². The van der Waals surface area contributed by atoms with Gasteiger partial charge in [0.25, 0.3) is 0 Å². The van der Waals surface area contributed by atoms with Gasteiger partial charge in [0.15, 0.2) is 0 Å². The van der Waals surface area contributed by atoms with Gasteiger partial charge in [0, 0.05) is 50.9 Å². The molecule has 1 saturated heterocycles. The summed E-state index contributed by atoms with van der Waals surface area (Å²) in [5.74, 6) is 0.160. The fourth-order valence-electron chi connectivity index (χ4n) is 3.79. The van der Waals surface area contributed by atoms with Gasteiger partial charge >= 0.3 is 0 Å². The van der Waals surface area contributed by atoms with Crippen molar-refractivity contribution < 1.29 is 9.59 Å². The van der Waals surface area contributed by atoms with Crippen LogP contribution in [0.5, 0.6) is 0 Å². The number of carbonyl (C=O) groups excluding carboxylic acids is 2. The molecule has 7 heteroatoms. The molecule has 1 aliphatic heterocycles. The van der Waals surface area contributed by atoms with E-state index in [9.17, 15) is 9.59 Å². The first-order valence-corrected chi connectivity index (χ1v) is 10.4. The Morgan fingerprint density at radius 1 is 1.10 bits per heavy atom. The largest absolute Gasteiger partial charge is 0.342 e. The summed E-state index contributed by atoms with van der Waals surface area (Å²) in [6, 6.07) is 9.36. The monoisotopic (exact) mass is 397 g/mol. The molecule has 1 N–H and O–H groups in total. The summed E-state index contributed by atoms with van der Waals surface area (Å²) < 4.78 is 0. The fraction of sp³-hybridized carbons (Fsp3) is 0.500. The summed E-state index contributed by atoms with van der Waals surface area (Å²) in [5, 5.41) is 4.00. The Bertz CT molecular complexity index is 839. The third kappa shape index (κ3) is 5.10. The number of fused-ring (bicyclic) bond motifs is 1. The smallest absolute Gasteiger partial charge is 0.241 e. The Morgan fingerprint density at radius 2 is 1.83 bits per heavy atom. The predicted octanol–water partition coefficient (Wildman–Crippen LogP) is 2.05. The number of carbonyl (C=O) groups is 2. The summed E-state index contributed by atoms with van der Waals surface area (Å²) in [4.78, 5) is 35.7. The first kappa shape index (κ1) is 21.2. The molecule has 1 aliphatic rings. The summed E-state index contributed by atoms with van der Waals surface area (Å²) in [5.41, 5.74) is 1.65. The van der Waals surface area contributed by atoms with Crippen LogP contribution in [0.25, 0.3) is 10.9 Å². The normalized spacial score (nSPS) is 16.5. The molecule has 0 saturated carbocycles. The van der Waals surface area contributed by atoms with Crippen molar-refractivity contribution >= 4 is 28.4 Å². The van der Waals surface area contributed by atoms with Gasteiger partial charge in [0.1, 0.15) is 0 Å². The van der Waals surface area contributed by atoms with E-state index in [1.807, 2.05) is 56.0 Å². The molecule has 156 valence electrons. The van der Waals surface area contributed by atoms with Gasteiger partial charge in [-0.2, -0.15) is 0 Å². The zero-order valence-electron chi connectivity index (χ0n) is 17.6. The van der Waals surface area contributed by atoms with Crippen molar-refractivity contribution in [1.82, 2.24) is 19.7 Å². The summed E-state index contributed by atoms with van der Waals surface area (Å²) in [7, 11) is 0. The van der Waals surface area contributed by atoms with E-state index in [0.717, 1.165) is 55.9 Å². The molecular formula is C22H31N5O2. The molecule has 1 fully saturated rings. The molecule has 0 spiro atoms. The molecule has 1 unspecified atom stereocenters. The Morgan fingerprint density at radius 3 is 2.52 bits per heavy atom. The molecular weight excluding hydrogens is 366 g/mol. The number of piperazine rings is 1. The molecule has 0 radical (unpaired) electrons. The number of amides is 2. The van der Waals surface area contributed by atoms with Gasteiger partial charge in [-0.1, -0.05) is 6.07 Å². The Labute approximate surface area is 172 Å². The first-order chi connectivity index (χ1) is 14.0. The lowest BCUT2D eigenvalue weighted by atomic mass is 10.1. The summed E-state index contributed by atoms with van der Waals surface area (Å²) >= 11 is 0. The highest BCUT2D eigenvalue weighted by Gasteiger charge is 2.27. The number of hydrogen-bond donors (Lipinski definition) is 1. The molecule has 3 rings (SSSR count).